The molecule has 4 aromatic carbocycles. The minimum Gasteiger partial charge on any atom is -0.423 e. The van der Waals surface area contributed by atoms with E-state index >= 15 is 0 Å². The molecule has 180 valence electrons. The van der Waals surface area contributed by atoms with E-state index in [2.05, 4.69) is 4.18 Å². The van der Waals surface area contributed by atoms with Gasteiger partial charge in [-0.2, -0.15) is 21.6 Å². The number of benzene rings is 4. The van der Waals surface area contributed by atoms with Crippen LogP contribution in [-0.2, 0) is 10.1 Å². The van der Waals surface area contributed by atoms with Crippen molar-refractivity contribution in [1.29, 1.82) is 0 Å². The van der Waals surface area contributed by atoms with Crippen LogP contribution in [0.2, 0.25) is 0 Å². The van der Waals surface area contributed by atoms with Gasteiger partial charge in [-0.25, -0.2) is 4.79 Å². The van der Waals surface area contributed by atoms with E-state index in [1.807, 2.05) is 32.0 Å². The summed E-state index contributed by atoms with van der Waals surface area (Å²) in [5, 5.41) is 0.415. The van der Waals surface area contributed by atoms with Gasteiger partial charge in [0.2, 0.25) is 0 Å². The van der Waals surface area contributed by atoms with E-state index in [1.165, 1.54) is 12.1 Å². The predicted octanol–water partition coefficient (Wildman–Crippen LogP) is 6.57. The maximum atomic E-state index is 13.3. The largest absolute Gasteiger partial charge is 0.534 e. The monoisotopic (exact) mass is 500 g/mol. The molecule has 0 saturated carbocycles. The minimum atomic E-state index is -5.99. The molecule has 0 aliphatic rings. The van der Waals surface area contributed by atoms with Gasteiger partial charge in [-0.15, -0.1) is 0 Å². The molecule has 0 unspecified atom stereocenters. The molecule has 5 nitrogen and oxygen atoms in total. The number of hydrogen-bond acceptors (Lipinski definition) is 5. The second-order valence-electron chi connectivity index (χ2n) is 7.91. The summed E-state index contributed by atoms with van der Waals surface area (Å²) in [6.07, 6.45) is 0. The Balaban J connectivity index is 2.01. The number of carbonyl (C=O) groups is 1. The first-order chi connectivity index (χ1) is 16.5. The summed E-state index contributed by atoms with van der Waals surface area (Å²) in [6, 6.07) is 20.8. The van der Waals surface area contributed by atoms with Gasteiger partial charge in [0.1, 0.15) is 5.75 Å². The van der Waals surface area contributed by atoms with Gasteiger partial charge >= 0.3 is 21.6 Å². The fourth-order valence-electron chi connectivity index (χ4n) is 3.82. The summed E-state index contributed by atoms with van der Waals surface area (Å²) in [5.41, 5.74) is -3.01. The predicted molar refractivity (Wildman–Crippen MR) is 126 cm³/mol. The van der Waals surface area contributed by atoms with Crippen LogP contribution in [-0.4, -0.2) is 19.9 Å². The molecule has 4 rings (SSSR count). The second-order valence-corrected chi connectivity index (χ2v) is 9.44. The number of aryl methyl sites for hydroxylation is 2. The highest BCUT2D eigenvalue weighted by molar-refractivity contribution is 7.88. The molecule has 0 bridgehead atoms. The van der Waals surface area contributed by atoms with Crippen molar-refractivity contribution in [2.45, 2.75) is 19.4 Å². The number of esters is 1. The average molecular weight is 500 g/mol. The Kier molecular flexibility index (Phi) is 6.29. The van der Waals surface area contributed by atoms with Crippen molar-refractivity contribution in [2.24, 2.45) is 0 Å². The Morgan fingerprint density at radius 2 is 1.37 bits per heavy atom. The van der Waals surface area contributed by atoms with E-state index in [1.54, 1.807) is 42.5 Å². The topological polar surface area (TPSA) is 69.7 Å². The van der Waals surface area contributed by atoms with Gasteiger partial charge < -0.3 is 8.92 Å². The van der Waals surface area contributed by atoms with Crippen molar-refractivity contribution in [1.82, 2.24) is 0 Å². The van der Waals surface area contributed by atoms with E-state index in [9.17, 15) is 26.4 Å². The molecule has 0 amide bonds. The molecule has 0 spiro atoms. The number of halogens is 3. The Morgan fingerprint density at radius 1 is 0.800 bits per heavy atom. The third-order valence-electron chi connectivity index (χ3n) is 5.17. The van der Waals surface area contributed by atoms with E-state index in [0.717, 1.165) is 17.2 Å². The maximum absolute atomic E-state index is 13.3. The van der Waals surface area contributed by atoms with Crippen molar-refractivity contribution in [3.8, 4) is 22.6 Å². The van der Waals surface area contributed by atoms with Gasteiger partial charge in [0.25, 0.3) is 0 Å². The molecular weight excluding hydrogens is 481 g/mol. The zero-order valence-corrected chi connectivity index (χ0v) is 19.4. The van der Waals surface area contributed by atoms with Gasteiger partial charge in [0.05, 0.1) is 5.56 Å². The minimum absolute atomic E-state index is 0.0887. The molecule has 4 aromatic rings. The number of carbonyl (C=O) groups excluding carboxylic acids is 1. The Bertz CT molecular complexity index is 1510. The Labute approximate surface area is 199 Å². The smallest absolute Gasteiger partial charge is 0.423 e. The summed E-state index contributed by atoms with van der Waals surface area (Å²) in [6.45, 7) is 3.74. The maximum Gasteiger partial charge on any atom is 0.534 e. The van der Waals surface area contributed by atoms with E-state index < -0.39 is 27.3 Å². The normalized spacial score (nSPS) is 11.9. The summed E-state index contributed by atoms with van der Waals surface area (Å²) in [7, 11) is -5.99. The number of hydrogen-bond donors (Lipinski definition) is 0. The van der Waals surface area contributed by atoms with Gasteiger partial charge in [-0.1, -0.05) is 71.8 Å². The number of rotatable bonds is 5. The van der Waals surface area contributed by atoms with Gasteiger partial charge in [-0.3, -0.25) is 0 Å². The van der Waals surface area contributed by atoms with E-state index in [0.29, 0.717) is 16.5 Å². The lowest BCUT2D eigenvalue weighted by atomic mass is 9.91. The first kappa shape index (κ1) is 24.3. The zero-order chi connectivity index (χ0) is 25.4. The molecule has 0 aliphatic carbocycles. The molecule has 0 saturated heterocycles. The Hall–Kier alpha value is -3.85. The van der Waals surface area contributed by atoms with Crippen LogP contribution in [0.15, 0.2) is 78.9 Å². The average Bonchev–Trinajstić information content (AvgIpc) is 2.78. The molecule has 0 aliphatic heterocycles. The molecule has 0 fully saturated rings. The third-order valence-corrected chi connectivity index (χ3v) is 6.14. The lowest BCUT2D eigenvalue weighted by Gasteiger charge is -2.18. The molecule has 35 heavy (non-hydrogen) atoms. The highest BCUT2D eigenvalue weighted by Crippen LogP contribution is 2.40. The van der Waals surface area contributed by atoms with Crippen molar-refractivity contribution >= 4 is 26.9 Å². The lowest BCUT2D eigenvalue weighted by Crippen LogP contribution is -2.28. The number of alkyl halides is 3. The fourth-order valence-corrected chi connectivity index (χ4v) is 4.29. The van der Waals surface area contributed by atoms with Crippen LogP contribution in [0.3, 0.4) is 0 Å². The second kappa shape index (κ2) is 9.07. The number of fused-ring (bicyclic) bond motifs is 1. The summed E-state index contributed by atoms with van der Waals surface area (Å²) in [5.74, 6) is -1.31. The van der Waals surface area contributed by atoms with Crippen LogP contribution in [0.4, 0.5) is 13.2 Å². The summed E-state index contributed by atoms with van der Waals surface area (Å²) in [4.78, 5) is 13.3. The zero-order valence-electron chi connectivity index (χ0n) is 18.6. The van der Waals surface area contributed by atoms with Crippen LogP contribution in [0.1, 0.15) is 21.5 Å². The van der Waals surface area contributed by atoms with Crippen LogP contribution in [0.25, 0.3) is 21.9 Å². The standard InChI is InChI=1S/C26H19F3O5S/c1-16-12-17(2)14-18(13-16)24-21-11-7-6-10-20(21)23(34-35(31,32)26(27,28)29)15-22(24)25(30)33-19-8-4-3-5-9-19/h3-15H,1-2H3. The highest BCUT2D eigenvalue weighted by Gasteiger charge is 2.49. The first-order valence-electron chi connectivity index (χ1n) is 10.4. The first-order valence-corrected chi connectivity index (χ1v) is 11.8. The van der Waals surface area contributed by atoms with Gasteiger partial charge in [-0.05, 0) is 43.0 Å². The van der Waals surface area contributed by atoms with Crippen molar-refractivity contribution in [3.63, 3.8) is 0 Å². The number of para-hydroxylation sites is 1. The molecule has 0 aromatic heterocycles. The highest BCUT2D eigenvalue weighted by atomic mass is 32.2. The van der Waals surface area contributed by atoms with Crippen molar-refractivity contribution < 1.29 is 35.3 Å². The molecule has 0 atom stereocenters. The quantitative estimate of drug-likeness (QED) is 0.134. The molecule has 0 radical (unpaired) electrons. The van der Waals surface area contributed by atoms with Crippen LogP contribution < -0.4 is 8.92 Å². The third kappa shape index (κ3) is 5.00. The lowest BCUT2D eigenvalue weighted by molar-refractivity contribution is -0.0499. The molecule has 0 N–H and O–H groups in total. The summed E-state index contributed by atoms with van der Waals surface area (Å²) < 4.78 is 72.9. The SMILES string of the molecule is Cc1cc(C)cc(-c2c(C(=O)Oc3ccccc3)cc(OS(=O)(=O)C(F)(F)F)c3ccccc23)c1. The van der Waals surface area contributed by atoms with Crippen molar-refractivity contribution in [2.75, 3.05) is 0 Å². The molecule has 0 heterocycles. The molecular formula is C26H19F3O5S. The van der Waals surface area contributed by atoms with E-state index in [4.69, 9.17) is 4.74 Å². The summed E-state index contributed by atoms with van der Waals surface area (Å²) >= 11 is 0. The van der Waals surface area contributed by atoms with Gasteiger partial charge in [0, 0.05) is 10.9 Å². The Morgan fingerprint density at radius 3 is 1.97 bits per heavy atom. The van der Waals surface area contributed by atoms with Gasteiger partial charge in [0.15, 0.2) is 5.75 Å². The van der Waals surface area contributed by atoms with Crippen molar-refractivity contribution in [3.05, 3.63) is 95.6 Å². The van der Waals surface area contributed by atoms with Crippen LogP contribution in [0.5, 0.6) is 11.5 Å². The van der Waals surface area contributed by atoms with Crippen LogP contribution in [0, 0.1) is 13.8 Å². The fraction of sp³-hybridized carbons (Fsp3) is 0.115. The number of ether oxygens (including phenoxy) is 1. The van der Waals surface area contributed by atoms with E-state index in [-0.39, 0.29) is 16.7 Å². The molecule has 9 heteroatoms. The van der Waals surface area contributed by atoms with Crippen LogP contribution >= 0.6 is 0 Å².